The quantitative estimate of drug-likeness (QED) is 0.869. The van der Waals surface area contributed by atoms with Crippen LogP contribution in [0.5, 0.6) is 0 Å². The van der Waals surface area contributed by atoms with Crippen LogP contribution in [0.1, 0.15) is 29.2 Å². The third-order valence-electron chi connectivity index (χ3n) is 2.80. The highest BCUT2D eigenvalue weighted by molar-refractivity contribution is 5.91. The van der Waals surface area contributed by atoms with Gasteiger partial charge in [-0.3, -0.25) is 4.79 Å². The van der Waals surface area contributed by atoms with Gasteiger partial charge in [-0.15, -0.1) is 12.4 Å². The highest BCUT2D eigenvalue weighted by Gasteiger charge is 2.18. The van der Waals surface area contributed by atoms with Gasteiger partial charge >= 0.3 is 0 Å². The van der Waals surface area contributed by atoms with Crippen molar-refractivity contribution in [3.63, 3.8) is 0 Å². The molecule has 1 amide bonds. The smallest absolute Gasteiger partial charge is 0.287 e. The highest BCUT2D eigenvalue weighted by atomic mass is 35.5. The molecule has 1 aliphatic rings. The summed E-state index contributed by atoms with van der Waals surface area (Å²) in [6, 6.07) is 3.64. The number of furan rings is 1. The molecule has 2 heterocycles. The van der Waals surface area contributed by atoms with Crippen molar-refractivity contribution in [2.24, 2.45) is 0 Å². The summed E-state index contributed by atoms with van der Waals surface area (Å²) in [5.41, 5.74) is 0. The van der Waals surface area contributed by atoms with Crippen LogP contribution in [0, 0.1) is 0 Å². The third-order valence-corrected chi connectivity index (χ3v) is 2.80. The zero-order chi connectivity index (χ0) is 12.1. The fourth-order valence-corrected chi connectivity index (χ4v) is 1.95. The monoisotopic (exact) mass is 274 g/mol. The summed E-state index contributed by atoms with van der Waals surface area (Å²) in [6.45, 7) is 2.25. The molecule has 0 aliphatic carbocycles. The fraction of sp³-hybridized carbons (Fsp3) is 0.583. The maximum absolute atomic E-state index is 11.9. The molecule has 0 aromatic carbocycles. The van der Waals surface area contributed by atoms with Gasteiger partial charge < -0.3 is 19.8 Å². The molecule has 0 spiro atoms. The van der Waals surface area contributed by atoms with E-state index in [0.29, 0.717) is 18.1 Å². The van der Waals surface area contributed by atoms with Crippen LogP contribution in [0.3, 0.4) is 0 Å². The lowest BCUT2D eigenvalue weighted by Gasteiger charge is -2.23. The average Bonchev–Trinajstić information content (AvgIpc) is 2.79. The number of nitrogens with one attached hydrogen (secondary N) is 2. The van der Waals surface area contributed by atoms with E-state index in [4.69, 9.17) is 9.15 Å². The van der Waals surface area contributed by atoms with Crippen LogP contribution >= 0.6 is 12.4 Å². The second-order valence-corrected chi connectivity index (χ2v) is 4.22. The SMILES string of the molecule is COCc1ccc(C(=O)NC2CCCNC2)o1.Cl. The molecule has 5 nitrogen and oxygen atoms in total. The number of methoxy groups -OCH3 is 1. The van der Waals surface area contributed by atoms with E-state index in [0.717, 1.165) is 25.9 Å². The Morgan fingerprint density at radius 2 is 2.44 bits per heavy atom. The topological polar surface area (TPSA) is 63.5 Å². The van der Waals surface area contributed by atoms with Gasteiger partial charge in [0.05, 0.1) is 0 Å². The Labute approximate surface area is 113 Å². The molecule has 0 radical (unpaired) electrons. The van der Waals surface area contributed by atoms with Crippen molar-refractivity contribution < 1.29 is 13.9 Å². The molecular weight excluding hydrogens is 256 g/mol. The van der Waals surface area contributed by atoms with Crippen LogP contribution in [0.25, 0.3) is 0 Å². The summed E-state index contributed by atoms with van der Waals surface area (Å²) < 4.78 is 10.3. The van der Waals surface area contributed by atoms with E-state index in [1.54, 1.807) is 19.2 Å². The van der Waals surface area contributed by atoms with Gasteiger partial charge in [0, 0.05) is 19.7 Å². The summed E-state index contributed by atoms with van der Waals surface area (Å²) in [5.74, 6) is 0.864. The van der Waals surface area contributed by atoms with Crippen LogP contribution < -0.4 is 10.6 Å². The van der Waals surface area contributed by atoms with Gasteiger partial charge in [0.25, 0.3) is 5.91 Å². The predicted octanol–water partition coefficient (Wildman–Crippen LogP) is 1.33. The third kappa shape index (κ3) is 4.01. The summed E-state index contributed by atoms with van der Waals surface area (Å²) in [4.78, 5) is 11.9. The van der Waals surface area contributed by atoms with E-state index in [2.05, 4.69) is 10.6 Å². The van der Waals surface area contributed by atoms with Gasteiger partial charge in [-0.05, 0) is 31.5 Å². The molecule has 1 saturated heterocycles. The normalized spacial score (nSPS) is 19.1. The first-order valence-corrected chi connectivity index (χ1v) is 5.89. The molecule has 1 aromatic heterocycles. The minimum absolute atomic E-state index is 0. The van der Waals surface area contributed by atoms with Gasteiger partial charge in [-0.1, -0.05) is 0 Å². The Kier molecular flexibility index (Phi) is 6.18. The minimum Gasteiger partial charge on any atom is -0.453 e. The van der Waals surface area contributed by atoms with Crippen molar-refractivity contribution in [2.45, 2.75) is 25.5 Å². The summed E-state index contributed by atoms with van der Waals surface area (Å²) in [7, 11) is 1.59. The highest BCUT2D eigenvalue weighted by Crippen LogP contribution is 2.10. The first-order chi connectivity index (χ1) is 8.29. The number of piperidine rings is 1. The number of carbonyl (C=O) groups is 1. The van der Waals surface area contributed by atoms with Crippen LogP contribution in [0.2, 0.25) is 0 Å². The maximum Gasteiger partial charge on any atom is 0.287 e. The minimum atomic E-state index is -0.152. The lowest BCUT2D eigenvalue weighted by molar-refractivity contribution is 0.0894. The molecule has 1 aromatic rings. The molecule has 2 rings (SSSR count). The van der Waals surface area contributed by atoms with E-state index in [9.17, 15) is 4.79 Å². The number of hydrogen-bond acceptors (Lipinski definition) is 4. The van der Waals surface area contributed by atoms with E-state index in [1.165, 1.54) is 0 Å². The van der Waals surface area contributed by atoms with Crippen molar-refractivity contribution in [3.8, 4) is 0 Å². The number of ether oxygens (including phenoxy) is 1. The summed E-state index contributed by atoms with van der Waals surface area (Å²) >= 11 is 0. The second-order valence-electron chi connectivity index (χ2n) is 4.22. The molecule has 1 aliphatic heterocycles. The number of carbonyl (C=O) groups excluding carboxylic acids is 1. The first-order valence-electron chi connectivity index (χ1n) is 5.89. The Morgan fingerprint density at radius 1 is 1.61 bits per heavy atom. The largest absolute Gasteiger partial charge is 0.453 e. The van der Waals surface area contributed by atoms with Crippen molar-refractivity contribution in [1.29, 1.82) is 0 Å². The molecule has 102 valence electrons. The van der Waals surface area contributed by atoms with Crippen molar-refractivity contribution in [1.82, 2.24) is 10.6 Å². The van der Waals surface area contributed by atoms with Crippen LogP contribution in [-0.4, -0.2) is 32.1 Å². The Hall–Kier alpha value is -1.04. The van der Waals surface area contributed by atoms with Crippen LogP contribution in [0.15, 0.2) is 16.5 Å². The Balaban J connectivity index is 0.00000162. The van der Waals surface area contributed by atoms with Crippen molar-refractivity contribution >= 4 is 18.3 Å². The molecule has 0 bridgehead atoms. The van der Waals surface area contributed by atoms with E-state index in [-0.39, 0.29) is 24.4 Å². The number of amides is 1. The van der Waals surface area contributed by atoms with Crippen LogP contribution in [0.4, 0.5) is 0 Å². The van der Waals surface area contributed by atoms with Crippen LogP contribution in [-0.2, 0) is 11.3 Å². The molecular formula is C12H19ClN2O3. The van der Waals surface area contributed by atoms with Gasteiger partial charge in [0.2, 0.25) is 0 Å². The average molecular weight is 275 g/mol. The van der Waals surface area contributed by atoms with Crippen molar-refractivity contribution in [3.05, 3.63) is 23.7 Å². The van der Waals surface area contributed by atoms with Gasteiger partial charge in [-0.2, -0.15) is 0 Å². The van der Waals surface area contributed by atoms with E-state index >= 15 is 0 Å². The number of halogens is 1. The predicted molar refractivity (Wildman–Crippen MR) is 70.0 cm³/mol. The number of rotatable bonds is 4. The molecule has 1 unspecified atom stereocenters. The van der Waals surface area contributed by atoms with Crippen molar-refractivity contribution in [2.75, 3.05) is 20.2 Å². The number of hydrogen-bond donors (Lipinski definition) is 2. The lowest BCUT2D eigenvalue weighted by Crippen LogP contribution is -2.45. The fourth-order valence-electron chi connectivity index (χ4n) is 1.95. The Bertz CT molecular complexity index is 375. The van der Waals surface area contributed by atoms with Gasteiger partial charge in [0.1, 0.15) is 12.4 Å². The van der Waals surface area contributed by atoms with E-state index < -0.39 is 0 Å². The zero-order valence-corrected chi connectivity index (χ0v) is 11.2. The summed E-state index contributed by atoms with van der Waals surface area (Å²) in [5, 5.41) is 6.21. The standard InChI is InChI=1S/C12H18N2O3.ClH/c1-16-8-10-4-5-11(17-10)12(15)14-9-3-2-6-13-7-9;/h4-5,9,13H,2-3,6-8H2,1H3,(H,14,15);1H. The molecule has 1 atom stereocenters. The van der Waals surface area contributed by atoms with Gasteiger partial charge in [-0.25, -0.2) is 0 Å². The van der Waals surface area contributed by atoms with E-state index in [1.807, 2.05) is 0 Å². The lowest BCUT2D eigenvalue weighted by atomic mass is 10.1. The molecule has 6 heteroatoms. The summed E-state index contributed by atoms with van der Waals surface area (Å²) in [6.07, 6.45) is 2.11. The second kappa shape index (κ2) is 7.41. The molecule has 1 fully saturated rings. The molecule has 2 N–H and O–H groups in total. The zero-order valence-electron chi connectivity index (χ0n) is 10.4. The Morgan fingerprint density at radius 3 is 3.11 bits per heavy atom. The molecule has 18 heavy (non-hydrogen) atoms. The maximum atomic E-state index is 11.9. The van der Waals surface area contributed by atoms with Gasteiger partial charge in [0.15, 0.2) is 5.76 Å². The first kappa shape index (κ1) is 15.0. The molecule has 0 saturated carbocycles.